The van der Waals surface area contributed by atoms with Crippen LogP contribution in [0.1, 0.15) is 5.76 Å². The van der Waals surface area contributed by atoms with Crippen LogP contribution in [0.3, 0.4) is 0 Å². The molecule has 0 bridgehead atoms. The molecule has 0 aliphatic carbocycles. The van der Waals surface area contributed by atoms with Crippen molar-refractivity contribution in [3.05, 3.63) is 47.4 Å². The minimum absolute atomic E-state index is 0.0934. The van der Waals surface area contributed by atoms with Crippen LogP contribution in [-0.4, -0.2) is 21.7 Å². The summed E-state index contributed by atoms with van der Waals surface area (Å²) >= 11 is 5.79. The van der Waals surface area contributed by atoms with E-state index in [1.54, 1.807) is 12.1 Å². The van der Waals surface area contributed by atoms with E-state index in [9.17, 15) is 8.42 Å². The van der Waals surface area contributed by atoms with Crippen LogP contribution in [0.2, 0.25) is 5.02 Å². The second-order valence-electron chi connectivity index (χ2n) is 3.66. The molecule has 1 aromatic heterocycles. The minimum atomic E-state index is -3.88. The van der Waals surface area contributed by atoms with E-state index < -0.39 is 10.0 Å². The molecule has 0 aliphatic heterocycles. The number of benzene rings is 1. The highest BCUT2D eigenvalue weighted by molar-refractivity contribution is 7.89. The normalized spacial score (nSPS) is 11.7. The molecule has 0 atom stereocenters. The van der Waals surface area contributed by atoms with Crippen molar-refractivity contribution in [2.24, 2.45) is 5.10 Å². The first-order valence-electron chi connectivity index (χ1n) is 5.45. The molecule has 0 fully saturated rings. The number of nitrogens with zero attached hydrogens (tertiary/aromatic N) is 1. The van der Waals surface area contributed by atoms with Gasteiger partial charge >= 0.3 is 0 Å². The van der Waals surface area contributed by atoms with E-state index in [0.29, 0.717) is 5.76 Å². The summed E-state index contributed by atoms with van der Waals surface area (Å²) in [7, 11) is -2.51. The molecule has 2 rings (SSSR count). The lowest BCUT2D eigenvalue weighted by atomic mass is 10.3. The van der Waals surface area contributed by atoms with E-state index in [4.69, 9.17) is 20.8 Å². The number of furan rings is 1. The molecule has 0 unspecified atom stereocenters. The molecule has 0 aliphatic rings. The van der Waals surface area contributed by atoms with Crippen molar-refractivity contribution in [3.63, 3.8) is 0 Å². The Labute approximate surface area is 121 Å². The van der Waals surface area contributed by atoms with Crippen LogP contribution in [0.4, 0.5) is 0 Å². The summed E-state index contributed by atoms with van der Waals surface area (Å²) in [6.45, 7) is 0. The molecule has 0 saturated heterocycles. The van der Waals surface area contributed by atoms with Crippen LogP contribution < -0.4 is 9.57 Å². The zero-order valence-electron chi connectivity index (χ0n) is 10.4. The Morgan fingerprint density at radius 2 is 2.20 bits per heavy atom. The van der Waals surface area contributed by atoms with Gasteiger partial charge in [-0.3, -0.25) is 0 Å². The van der Waals surface area contributed by atoms with Crippen molar-refractivity contribution in [2.45, 2.75) is 4.90 Å². The Bertz CT molecular complexity index is 711. The number of hydrogen-bond donors (Lipinski definition) is 1. The lowest BCUT2D eigenvalue weighted by molar-refractivity contribution is 0.402. The molecule has 106 valence electrons. The van der Waals surface area contributed by atoms with Crippen molar-refractivity contribution >= 4 is 27.8 Å². The average molecular weight is 315 g/mol. The first-order chi connectivity index (χ1) is 9.53. The van der Waals surface area contributed by atoms with Gasteiger partial charge in [-0.25, -0.2) is 0 Å². The van der Waals surface area contributed by atoms with E-state index in [0.717, 1.165) is 0 Å². The third-order valence-electron chi connectivity index (χ3n) is 2.32. The quantitative estimate of drug-likeness (QED) is 0.678. The first-order valence-corrected chi connectivity index (χ1v) is 7.31. The van der Waals surface area contributed by atoms with Crippen molar-refractivity contribution < 1.29 is 17.6 Å². The summed E-state index contributed by atoms with van der Waals surface area (Å²) in [5.41, 5.74) is 0. The maximum absolute atomic E-state index is 12.1. The van der Waals surface area contributed by atoms with E-state index in [1.165, 1.54) is 37.8 Å². The lowest BCUT2D eigenvalue weighted by Gasteiger charge is -2.08. The third kappa shape index (κ3) is 3.31. The smallest absolute Gasteiger partial charge is 0.280 e. The van der Waals surface area contributed by atoms with Crippen molar-refractivity contribution in [2.75, 3.05) is 7.11 Å². The van der Waals surface area contributed by atoms with Gasteiger partial charge in [-0.1, -0.05) is 11.6 Å². The van der Waals surface area contributed by atoms with Crippen molar-refractivity contribution in [1.82, 2.24) is 4.83 Å². The highest BCUT2D eigenvalue weighted by atomic mass is 35.5. The van der Waals surface area contributed by atoms with Gasteiger partial charge in [0.1, 0.15) is 16.4 Å². The molecule has 1 aromatic carbocycles. The molecule has 6 nitrogen and oxygen atoms in total. The Morgan fingerprint density at radius 3 is 2.85 bits per heavy atom. The summed E-state index contributed by atoms with van der Waals surface area (Å²) in [4.78, 5) is 1.97. The van der Waals surface area contributed by atoms with Crippen molar-refractivity contribution in [1.29, 1.82) is 0 Å². The zero-order valence-corrected chi connectivity index (χ0v) is 12.0. The topological polar surface area (TPSA) is 80.9 Å². The first kappa shape index (κ1) is 14.4. The van der Waals surface area contributed by atoms with Crippen molar-refractivity contribution in [3.8, 4) is 5.75 Å². The monoisotopic (exact) mass is 314 g/mol. The van der Waals surface area contributed by atoms with Gasteiger partial charge in [0, 0.05) is 5.02 Å². The van der Waals surface area contributed by atoms with Crippen LogP contribution in [0, 0.1) is 0 Å². The van der Waals surface area contributed by atoms with Gasteiger partial charge in [0.2, 0.25) is 0 Å². The van der Waals surface area contributed by atoms with Crippen LogP contribution in [0.25, 0.3) is 0 Å². The number of rotatable bonds is 5. The highest BCUT2D eigenvalue weighted by Crippen LogP contribution is 2.26. The van der Waals surface area contributed by atoms with E-state index in [2.05, 4.69) is 9.93 Å². The largest absolute Gasteiger partial charge is 0.495 e. The Morgan fingerprint density at radius 1 is 1.40 bits per heavy atom. The summed E-state index contributed by atoms with van der Waals surface area (Å²) in [6, 6.07) is 7.58. The molecular formula is C12H11ClN2O4S. The van der Waals surface area contributed by atoms with Crippen LogP contribution in [0.5, 0.6) is 5.75 Å². The van der Waals surface area contributed by atoms with E-state index in [1.807, 2.05) is 0 Å². The molecule has 1 N–H and O–H groups in total. The fourth-order valence-electron chi connectivity index (χ4n) is 1.43. The predicted molar refractivity (Wildman–Crippen MR) is 74.6 cm³/mol. The Balaban J connectivity index is 2.24. The van der Waals surface area contributed by atoms with Gasteiger partial charge in [0.15, 0.2) is 0 Å². The molecule has 0 radical (unpaired) electrons. The number of hydrazone groups is 1. The number of nitrogens with one attached hydrogen (secondary N) is 1. The second-order valence-corrected chi connectivity index (χ2v) is 5.73. The molecule has 1 heterocycles. The molecule has 0 saturated carbocycles. The Kier molecular flexibility index (Phi) is 4.31. The lowest BCUT2D eigenvalue weighted by Crippen LogP contribution is -2.19. The van der Waals surface area contributed by atoms with Gasteiger partial charge in [-0.2, -0.15) is 18.4 Å². The minimum Gasteiger partial charge on any atom is -0.495 e. The molecule has 0 amide bonds. The number of hydrogen-bond acceptors (Lipinski definition) is 5. The number of methoxy groups -OCH3 is 1. The van der Waals surface area contributed by atoms with Crippen LogP contribution in [0.15, 0.2) is 51.0 Å². The van der Waals surface area contributed by atoms with Gasteiger partial charge in [-0.05, 0) is 30.3 Å². The Hall–Kier alpha value is -1.99. The SMILES string of the molecule is COc1ccc(Cl)cc1S(=O)(=O)N/N=C/c1ccco1. The van der Waals surface area contributed by atoms with E-state index >= 15 is 0 Å². The van der Waals surface area contributed by atoms with Gasteiger partial charge < -0.3 is 9.15 Å². The van der Waals surface area contributed by atoms with Crippen LogP contribution >= 0.6 is 11.6 Å². The molecule has 2 aromatic rings. The molecule has 0 spiro atoms. The fraction of sp³-hybridized carbons (Fsp3) is 0.0833. The van der Waals surface area contributed by atoms with Gasteiger partial charge in [-0.15, -0.1) is 0 Å². The standard InChI is InChI=1S/C12H11ClN2O4S/c1-18-11-5-4-9(13)7-12(11)20(16,17)15-14-8-10-3-2-6-19-10/h2-8,15H,1H3/b14-8+. The number of halogens is 1. The number of sulfonamides is 1. The van der Waals surface area contributed by atoms with E-state index in [-0.39, 0.29) is 15.7 Å². The molecule has 8 heteroatoms. The maximum atomic E-state index is 12.1. The second kappa shape index (κ2) is 5.98. The molecular weight excluding hydrogens is 304 g/mol. The average Bonchev–Trinajstić information content (AvgIpc) is 2.91. The maximum Gasteiger partial charge on any atom is 0.280 e. The molecule has 20 heavy (non-hydrogen) atoms. The fourth-order valence-corrected chi connectivity index (χ4v) is 2.66. The third-order valence-corrected chi connectivity index (χ3v) is 3.80. The summed E-state index contributed by atoms with van der Waals surface area (Å²) in [6.07, 6.45) is 2.70. The summed E-state index contributed by atoms with van der Waals surface area (Å²) in [5.74, 6) is 0.598. The highest BCUT2D eigenvalue weighted by Gasteiger charge is 2.19. The number of ether oxygens (including phenoxy) is 1. The zero-order chi connectivity index (χ0) is 14.6. The summed E-state index contributed by atoms with van der Waals surface area (Å²) < 4.78 is 34.2. The predicted octanol–water partition coefficient (Wildman–Crippen LogP) is 2.25. The van der Waals surface area contributed by atoms with Crippen LogP contribution in [-0.2, 0) is 10.0 Å². The van der Waals surface area contributed by atoms with Gasteiger partial charge in [0.25, 0.3) is 10.0 Å². The van der Waals surface area contributed by atoms with Gasteiger partial charge in [0.05, 0.1) is 19.6 Å². The summed E-state index contributed by atoms with van der Waals surface area (Å²) in [5, 5.41) is 3.89.